The summed E-state index contributed by atoms with van der Waals surface area (Å²) in [5.74, 6) is -0.780. The van der Waals surface area contributed by atoms with Crippen LogP contribution >= 0.6 is 0 Å². The Morgan fingerprint density at radius 3 is 2.60 bits per heavy atom. The van der Waals surface area contributed by atoms with Crippen molar-refractivity contribution >= 4 is 16.1 Å². The Balaban J connectivity index is 2.09. The number of benzene rings is 1. The molecule has 1 heterocycles. The topological polar surface area (TPSA) is 83.7 Å². The van der Waals surface area contributed by atoms with Crippen molar-refractivity contribution < 1.29 is 17.6 Å². The smallest absolute Gasteiger partial charge is 0.276 e. The molecule has 0 saturated carbocycles. The third-order valence-electron chi connectivity index (χ3n) is 3.17. The minimum Gasteiger partial charge on any atom is -0.337 e. The Morgan fingerprint density at radius 2 is 1.95 bits per heavy atom. The Kier molecular flexibility index (Phi) is 4.36. The van der Waals surface area contributed by atoms with Crippen LogP contribution in [0, 0.1) is 5.82 Å². The van der Waals surface area contributed by atoms with E-state index < -0.39 is 16.0 Å². The van der Waals surface area contributed by atoms with E-state index in [1.165, 1.54) is 29.2 Å². The molecular weight excluding hydrogens is 285 g/mol. The van der Waals surface area contributed by atoms with E-state index in [1.807, 2.05) is 0 Å². The van der Waals surface area contributed by atoms with E-state index >= 15 is 0 Å². The molecule has 1 aliphatic rings. The molecule has 6 nitrogen and oxygen atoms in total. The SMILES string of the molecule is NS(=O)(=O)N1CCCN(C(=O)c2cccc(F)c2)CC1. The fourth-order valence-electron chi connectivity index (χ4n) is 2.16. The van der Waals surface area contributed by atoms with Gasteiger partial charge in [0.15, 0.2) is 0 Å². The number of nitrogens with zero attached hydrogens (tertiary/aromatic N) is 2. The van der Waals surface area contributed by atoms with Gasteiger partial charge in [0.25, 0.3) is 16.1 Å². The first-order valence-electron chi connectivity index (χ1n) is 6.20. The second kappa shape index (κ2) is 5.86. The minimum atomic E-state index is -3.73. The van der Waals surface area contributed by atoms with Crippen LogP contribution in [0.5, 0.6) is 0 Å². The molecule has 0 spiro atoms. The summed E-state index contributed by atoms with van der Waals surface area (Å²) in [4.78, 5) is 13.7. The van der Waals surface area contributed by atoms with Crippen LogP contribution in [0.15, 0.2) is 24.3 Å². The van der Waals surface area contributed by atoms with Crippen LogP contribution in [0.4, 0.5) is 4.39 Å². The average molecular weight is 301 g/mol. The Hall–Kier alpha value is -1.51. The average Bonchev–Trinajstić information content (AvgIpc) is 2.63. The van der Waals surface area contributed by atoms with Crippen molar-refractivity contribution in [2.24, 2.45) is 5.14 Å². The van der Waals surface area contributed by atoms with Crippen LogP contribution in [0.1, 0.15) is 16.8 Å². The molecular formula is C12H16FN3O3S. The van der Waals surface area contributed by atoms with E-state index in [0.29, 0.717) is 13.0 Å². The molecule has 1 fully saturated rings. The van der Waals surface area contributed by atoms with E-state index in [0.717, 1.165) is 4.31 Å². The number of hydrogen-bond donors (Lipinski definition) is 1. The third kappa shape index (κ3) is 3.53. The van der Waals surface area contributed by atoms with Gasteiger partial charge in [0.2, 0.25) is 0 Å². The molecule has 0 bridgehead atoms. The van der Waals surface area contributed by atoms with Gasteiger partial charge in [-0.25, -0.2) is 9.53 Å². The number of carbonyl (C=O) groups excluding carboxylic acids is 1. The molecule has 1 aliphatic heterocycles. The highest BCUT2D eigenvalue weighted by Gasteiger charge is 2.24. The summed E-state index contributed by atoms with van der Waals surface area (Å²) >= 11 is 0. The number of amides is 1. The fourth-order valence-corrected chi connectivity index (χ4v) is 2.88. The molecule has 0 atom stereocenters. The Labute approximate surface area is 117 Å². The van der Waals surface area contributed by atoms with Crippen molar-refractivity contribution in [2.45, 2.75) is 6.42 Å². The molecule has 110 valence electrons. The van der Waals surface area contributed by atoms with Crippen molar-refractivity contribution in [3.63, 3.8) is 0 Å². The van der Waals surface area contributed by atoms with Crippen LogP contribution in [-0.4, -0.2) is 49.7 Å². The first-order chi connectivity index (χ1) is 9.38. The van der Waals surface area contributed by atoms with Gasteiger partial charge in [-0.15, -0.1) is 0 Å². The molecule has 1 aromatic carbocycles. The molecule has 2 N–H and O–H groups in total. The largest absolute Gasteiger partial charge is 0.337 e. The number of nitrogens with two attached hydrogens (primary N) is 1. The standard InChI is InChI=1S/C12H16FN3O3S/c13-11-4-1-3-10(9-11)12(17)15-5-2-6-16(8-7-15)20(14,18)19/h1,3-4,9H,2,5-8H2,(H2,14,18,19). The number of hydrogen-bond acceptors (Lipinski definition) is 3. The van der Waals surface area contributed by atoms with Crippen LogP contribution in [0.2, 0.25) is 0 Å². The van der Waals surface area contributed by atoms with E-state index in [-0.39, 0.29) is 31.1 Å². The Bertz CT molecular complexity index is 606. The minimum absolute atomic E-state index is 0.153. The third-order valence-corrected chi connectivity index (χ3v) is 4.26. The summed E-state index contributed by atoms with van der Waals surface area (Å²) in [6, 6.07) is 5.44. The quantitative estimate of drug-likeness (QED) is 0.845. The monoisotopic (exact) mass is 301 g/mol. The number of rotatable bonds is 2. The van der Waals surface area contributed by atoms with Crippen molar-refractivity contribution in [3.8, 4) is 0 Å². The molecule has 0 radical (unpaired) electrons. The second-order valence-electron chi connectivity index (χ2n) is 4.60. The number of halogens is 1. The normalized spacial score (nSPS) is 17.8. The summed E-state index contributed by atoms with van der Waals surface area (Å²) in [7, 11) is -3.73. The highest BCUT2D eigenvalue weighted by molar-refractivity contribution is 7.86. The van der Waals surface area contributed by atoms with Gasteiger partial charge in [-0.05, 0) is 24.6 Å². The van der Waals surface area contributed by atoms with Gasteiger partial charge in [-0.2, -0.15) is 12.7 Å². The zero-order valence-electron chi connectivity index (χ0n) is 10.8. The first kappa shape index (κ1) is 14.9. The molecule has 8 heteroatoms. The summed E-state index contributed by atoms with van der Waals surface area (Å²) < 4.78 is 36.8. The van der Waals surface area contributed by atoms with Gasteiger partial charge in [0.05, 0.1) is 0 Å². The maximum Gasteiger partial charge on any atom is 0.276 e. The van der Waals surface area contributed by atoms with Gasteiger partial charge >= 0.3 is 0 Å². The van der Waals surface area contributed by atoms with Crippen LogP contribution in [0.25, 0.3) is 0 Å². The molecule has 1 saturated heterocycles. The van der Waals surface area contributed by atoms with E-state index in [4.69, 9.17) is 5.14 Å². The van der Waals surface area contributed by atoms with Crippen LogP contribution in [-0.2, 0) is 10.2 Å². The molecule has 1 aromatic rings. The summed E-state index contributed by atoms with van der Waals surface area (Å²) in [6.07, 6.45) is 0.498. The first-order valence-corrected chi connectivity index (χ1v) is 7.71. The van der Waals surface area contributed by atoms with Gasteiger partial charge in [-0.3, -0.25) is 4.79 Å². The molecule has 0 aliphatic carbocycles. The Morgan fingerprint density at radius 1 is 1.20 bits per heavy atom. The molecule has 2 rings (SSSR count). The molecule has 0 unspecified atom stereocenters. The zero-order chi connectivity index (χ0) is 14.8. The molecule has 0 aromatic heterocycles. The molecule has 20 heavy (non-hydrogen) atoms. The highest BCUT2D eigenvalue weighted by atomic mass is 32.2. The summed E-state index contributed by atoms with van der Waals surface area (Å²) in [5, 5.41) is 5.08. The lowest BCUT2D eigenvalue weighted by atomic mass is 10.2. The van der Waals surface area contributed by atoms with Crippen LogP contribution < -0.4 is 5.14 Å². The van der Waals surface area contributed by atoms with Crippen molar-refractivity contribution in [1.82, 2.24) is 9.21 Å². The highest BCUT2D eigenvalue weighted by Crippen LogP contribution is 2.11. The van der Waals surface area contributed by atoms with Crippen molar-refractivity contribution in [3.05, 3.63) is 35.6 Å². The van der Waals surface area contributed by atoms with E-state index in [2.05, 4.69) is 0 Å². The lowest BCUT2D eigenvalue weighted by molar-refractivity contribution is 0.0763. The van der Waals surface area contributed by atoms with Gasteiger partial charge < -0.3 is 4.90 Å². The number of carbonyl (C=O) groups is 1. The van der Waals surface area contributed by atoms with Gasteiger partial charge in [0, 0.05) is 31.7 Å². The second-order valence-corrected chi connectivity index (χ2v) is 6.15. The maximum atomic E-state index is 13.1. The van der Waals surface area contributed by atoms with E-state index in [9.17, 15) is 17.6 Å². The van der Waals surface area contributed by atoms with Gasteiger partial charge in [-0.1, -0.05) is 6.07 Å². The van der Waals surface area contributed by atoms with Gasteiger partial charge in [0.1, 0.15) is 5.82 Å². The fraction of sp³-hybridized carbons (Fsp3) is 0.417. The maximum absolute atomic E-state index is 13.1. The summed E-state index contributed by atoms with van der Waals surface area (Å²) in [5.41, 5.74) is 0.258. The lowest BCUT2D eigenvalue weighted by Gasteiger charge is -2.21. The zero-order valence-corrected chi connectivity index (χ0v) is 11.6. The van der Waals surface area contributed by atoms with Crippen LogP contribution in [0.3, 0.4) is 0 Å². The summed E-state index contributed by atoms with van der Waals surface area (Å²) in [6.45, 7) is 1.10. The van der Waals surface area contributed by atoms with Crippen molar-refractivity contribution in [2.75, 3.05) is 26.2 Å². The van der Waals surface area contributed by atoms with E-state index in [1.54, 1.807) is 0 Å². The lowest BCUT2D eigenvalue weighted by Crippen LogP contribution is -2.40. The molecule has 1 amide bonds. The van der Waals surface area contributed by atoms with Crippen molar-refractivity contribution in [1.29, 1.82) is 0 Å². The predicted octanol–water partition coefficient (Wildman–Crippen LogP) is 0.177. The predicted molar refractivity (Wildman–Crippen MR) is 71.6 cm³/mol.